The number of rotatable bonds is 4. The third kappa shape index (κ3) is 2.06. The maximum atomic E-state index is 10.6. The Morgan fingerprint density at radius 2 is 2.40 bits per heavy atom. The molecule has 1 aliphatic carbocycles. The lowest BCUT2D eigenvalue weighted by Gasteiger charge is -2.07. The van der Waals surface area contributed by atoms with Gasteiger partial charge in [0.1, 0.15) is 6.20 Å². The molecule has 0 spiro atoms. The van der Waals surface area contributed by atoms with Crippen LogP contribution in [0.1, 0.15) is 31.2 Å². The Bertz CT molecular complexity index is 388. The Labute approximate surface area is 87.2 Å². The molecule has 0 radical (unpaired) electrons. The molecule has 80 valence electrons. The molecule has 0 aliphatic heterocycles. The third-order valence-corrected chi connectivity index (χ3v) is 2.37. The van der Waals surface area contributed by atoms with Crippen LogP contribution in [0.5, 0.6) is 5.88 Å². The Hall–Kier alpha value is -1.65. The number of pyridine rings is 1. The first-order chi connectivity index (χ1) is 7.22. The highest BCUT2D eigenvalue weighted by atomic mass is 16.6. The lowest BCUT2D eigenvalue weighted by atomic mass is 10.1. The highest BCUT2D eigenvalue weighted by Crippen LogP contribution is 2.44. The van der Waals surface area contributed by atoms with Crippen LogP contribution < -0.4 is 4.74 Å². The first-order valence-electron chi connectivity index (χ1n) is 4.99. The van der Waals surface area contributed by atoms with E-state index in [2.05, 4.69) is 4.98 Å². The summed E-state index contributed by atoms with van der Waals surface area (Å²) in [5, 5.41) is 10.6. The lowest BCUT2D eigenvalue weighted by Crippen LogP contribution is -2.00. The summed E-state index contributed by atoms with van der Waals surface area (Å²) < 4.78 is 5.34. The SMILES string of the molecule is CCOc1ncc([N+](=O)[O-])cc1C1CC1. The van der Waals surface area contributed by atoms with E-state index in [1.54, 1.807) is 6.07 Å². The summed E-state index contributed by atoms with van der Waals surface area (Å²) in [6, 6.07) is 1.58. The maximum Gasteiger partial charge on any atom is 0.288 e. The average molecular weight is 208 g/mol. The van der Waals surface area contributed by atoms with E-state index < -0.39 is 4.92 Å². The molecule has 1 heterocycles. The normalized spacial score (nSPS) is 15.0. The summed E-state index contributed by atoms with van der Waals surface area (Å²) >= 11 is 0. The molecule has 0 amide bonds. The van der Waals surface area contributed by atoms with Crippen molar-refractivity contribution in [3.63, 3.8) is 0 Å². The summed E-state index contributed by atoms with van der Waals surface area (Å²) in [5.41, 5.74) is 0.923. The Balaban J connectivity index is 2.35. The van der Waals surface area contributed by atoms with Crippen LogP contribution in [-0.2, 0) is 0 Å². The van der Waals surface area contributed by atoms with Crippen LogP contribution in [0.15, 0.2) is 12.3 Å². The minimum atomic E-state index is -0.422. The van der Waals surface area contributed by atoms with E-state index in [4.69, 9.17) is 4.74 Å². The quantitative estimate of drug-likeness (QED) is 0.562. The summed E-state index contributed by atoms with van der Waals surface area (Å²) in [7, 11) is 0. The molecule has 2 rings (SSSR count). The van der Waals surface area contributed by atoms with E-state index >= 15 is 0 Å². The Morgan fingerprint density at radius 3 is 2.93 bits per heavy atom. The van der Waals surface area contributed by atoms with E-state index in [0.717, 1.165) is 18.4 Å². The largest absolute Gasteiger partial charge is 0.478 e. The van der Waals surface area contributed by atoms with Crippen LogP contribution in [0.3, 0.4) is 0 Å². The molecule has 5 heteroatoms. The molecule has 0 atom stereocenters. The molecule has 15 heavy (non-hydrogen) atoms. The van der Waals surface area contributed by atoms with Gasteiger partial charge in [-0.25, -0.2) is 4.98 Å². The zero-order valence-corrected chi connectivity index (χ0v) is 8.47. The second kappa shape index (κ2) is 3.84. The number of ether oxygens (including phenoxy) is 1. The second-order valence-electron chi connectivity index (χ2n) is 3.55. The number of nitro groups is 1. The molecule has 0 N–H and O–H groups in total. The van der Waals surface area contributed by atoms with Crippen LogP contribution in [-0.4, -0.2) is 16.5 Å². The summed E-state index contributed by atoms with van der Waals surface area (Å²) in [5.74, 6) is 0.949. The van der Waals surface area contributed by atoms with Crippen molar-refractivity contribution >= 4 is 5.69 Å². The van der Waals surface area contributed by atoms with Gasteiger partial charge in [-0.3, -0.25) is 10.1 Å². The highest BCUT2D eigenvalue weighted by Gasteiger charge is 2.29. The standard InChI is InChI=1S/C10H12N2O3/c1-2-15-10-9(7-3-4-7)5-8(6-11-10)12(13)14/h5-7H,2-4H2,1H3. The maximum absolute atomic E-state index is 10.6. The van der Waals surface area contributed by atoms with Gasteiger partial charge in [-0.1, -0.05) is 0 Å². The minimum absolute atomic E-state index is 0.0420. The smallest absolute Gasteiger partial charge is 0.288 e. The van der Waals surface area contributed by atoms with Gasteiger partial charge in [-0.15, -0.1) is 0 Å². The van der Waals surface area contributed by atoms with Gasteiger partial charge in [0.05, 0.1) is 11.5 Å². The summed E-state index contributed by atoms with van der Waals surface area (Å²) in [6.45, 7) is 2.41. The molecule has 0 saturated heterocycles. The molecule has 0 bridgehead atoms. The van der Waals surface area contributed by atoms with Crippen molar-refractivity contribution in [2.45, 2.75) is 25.7 Å². The first kappa shape index (κ1) is 9.89. The number of nitrogens with zero attached hydrogens (tertiary/aromatic N) is 2. The molecule has 0 unspecified atom stereocenters. The predicted octanol–water partition coefficient (Wildman–Crippen LogP) is 2.27. The van der Waals surface area contributed by atoms with Crippen molar-refractivity contribution in [3.05, 3.63) is 27.9 Å². The zero-order chi connectivity index (χ0) is 10.8. The van der Waals surface area contributed by atoms with Gasteiger partial charge in [0, 0.05) is 11.6 Å². The minimum Gasteiger partial charge on any atom is -0.478 e. The highest BCUT2D eigenvalue weighted by molar-refractivity contribution is 5.41. The van der Waals surface area contributed by atoms with Gasteiger partial charge in [0.2, 0.25) is 5.88 Å². The fourth-order valence-electron chi connectivity index (χ4n) is 1.50. The van der Waals surface area contributed by atoms with E-state index in [0.29, 0.717) is 18.4 Å². The van der Waals surface area contributed by atoms with Crippen molar-refractivity contribution in [2.24, 2.45) is 0 Å². The molecular formula is C10H12N2O3. The molecule has 1 aliphatic rings. The van der Waals surface area contributed by atoms with Gasteiger partial charge >= 0.3 is 0 Å². The molecule has 1 aromatic heterocycles. The first-order valence-corrected chi connectivity index (χ1v) is 4.99. The fourth-order valence-corrected chi connectivity index (χ4v) is 1.50. The summed E-state index contributed by atoms with van der Waals surface area (Å²) in [4.78, 5) is 14.2. The molecule has 1 aromatic rings. The van der Waals surface area contributed by atoms with Gasteiger partial charge in [-0.2, -0.15) is 0 Å². The van der Waals surface area contributed by atoms with Crippen LogP contribution in [0, 0.1) is 10.1 Å². The van der Waals surface area contributed by atoms with Crippen LogP contribution in [0.25, 0.3) is 0 Å². The Kier molecular flexibility index (Phi) is 2.53. The van der Waals surface area contributed by atoms with Gasteiger partial charge < -0.3 is 4.74 Å². The number of hydrogen-bond acceptors (Lipinski definition) is 4. The summed E-state index contributed by atoms with van der Waals surface area (Å²) in [6.07, 6.45) is 3.39. The fraction of sp³-hybridized carbons (Fsp3) is 0.500. The van der Waals surface area contributed by atoms with E-state index in [9.17, 15) is 10.1 Å². The van der Waals surface area contributed by atoms with Crippen molar-refractivity contribution in [1.29, 1.82) is 0 Å². The number of hydrogen-bond donors (Lipinski definition) is 0. The number of aromatic nitrogens is 1. The van der Waals surface area contributed by atoms with Gasteiger partial charge in [0.25, 0.3) is 5.69 Å². The van der Waals surface area contributed by atoms with Crippen molar-refractivity contribution in [1.82, 2.24) is 4.98 Å². The zero-order valence-electron chi connectivity index (χ0n) is 8.47. The van der Waals surface area contributed by atoms with Crippen molar-refractivity contribution < 1.29 is 9.66 Å². The molecule has 1 fully saturated rings. The van der Waals surface area contributed by atoms with Crippen LogP contribution in [0.2, 0.25) is 0 Å². The third-order valence-electron chi connectivity index (χ3n) is 2.37. The molecular weight excluding hydrogens is 196 g/mol. The van der Waals surface area contributed by atoms with Crippen LogP contribution in [0.4, 0.5) is 5.69 Å². The monoisotopic (exact) mass is 208 g/mol. The lowest BCUT2D eigenvalue weighted by molar-refractivity contribution is -0.385. The van der Waals surface area contributed by atoms with Gasteiger partial charge in [-0.05, 0) is 25.7 Å². The topological polar surface area (TPSA) is 65.3 Å². The molecule has 0 aromatic carbocycles. The Morgan fingerprint density at radius 1 is 1.67 bits per heavy atom. The molecule has 1 saturated carbocycles. The van der Waals surface area contributed by atoms with Crippen molar-refractivity contribution in [3.8, 4) is 5.88 Å². The van der Waals surface area contributed by atoms with Gasteiger partial charge in [0.15, 0.2) is 0 Å². The van der Waals surface area contributed by atoms with E-state index in [-0.39, 0.29) is 5.69 Å². The van der Waals surface area contributed by atoms with Crippen molar-refractivity contribution in [2.75, 3.05) is 6.61 Å². The second-order valence-corrected chi connectivity index (χ2v) is 3.55. The predicted molar refractivity (Wildman–Crippen MR) is 54.0 cm³/mol. The van der Waals surface area contributed by atoms with E-state index in [1.165, 1.54) is 6.20 Å². The average Bonchev–Trinajstić information content (AvgIpc) is 3.02. The van der Waals surface area contributed by atoms with E-state index in [1.807, 2.05) is 6.92 Å². The molecule has 5 nitrogen and oxygen atoms in total. The van der Waals surface area contributed by atoms with Crippen LogP contribution >= 0.6 is 0 Å².